The van der Waals surface area contributed by atoms with Crippen LogP contribution < -0.4 is 30.5 Å². The third-order valence-corrected chi connectivity index (χ3v) is 23.9. The van der Waals surface area contributed by atoms with Crippen molar-refractivity contribution in [1.29, 1.82) is 0 Å². The summed E-state index contributed by atoms with van der Waals surface area (Å²) >= 11 is 0. The molecule has 3 aromatic heterocycles. The molecule has 6 heteroatoms. The van der Waals surface area contributed by atoms with Crippen molar-refractivity contribution in [3.8, 4) is 39.1 Å². The van der Waals surface area contributed by atoms with Crippen molar-refractivity contribution in [3.63, 3.8) is 0 Å². The van der Waals surface area contributed by atoms with Gasteiger partial charge in [0.25, 0.3) is 0 Å². The molecular weight excluding hydrogens is 1070 g/mol. The van der Waals surface area contributed by atoms with Crippen LogP contribution in [-0.4, -0.2) is 22.6 Å². The molecule has 2 aliphatic heterocycles. The lowest BCUT2D eigenvalue weighted by Crippen LogP contribution is -2.76. The van der Waals surface area contributed by atoms with Gasteiger partial charge in [0.15, 0.2) is 8.07 Å². The van der Waals surface area contributed by atoms with E-state index < -0.39 is 8.07 Å². The predicted molar refractivity (Wildman–Crippen MR) is 367 cm³/mol. The molecule has 0 bridgehead atoms. The Balaban J connectivity index is 0.954. The molecule has 1 spiro atoms. The number of fused-ring (bicyclic) bond motifs is 22. The minimum absolute atomic E-state index is 0.922. The summed E-state index contributed by atoms with van der Waals surface area (Å²) in [6.45, 7) is 2.23. The first kappa shape index (κ1) is 49.5. The van der Waals surface area contributed by atoms with E-state index in [0.29, 0.717) is 0 Å². The third kappa shape index (κ3) is 7.26. The average molecular weight is 1130 g/mol. The second-order valence-corrected chi connectivity index (χ2v) is 27.2. The molecule has 15 aromatic rings. The maximum Gasteiger partial charge on any atom is 0.186 e. The Kier molecular flexibility index (Phi) is 11.0. The lowest BCUT2D eigenvalue weighted by atomic mass is 9.89. The molecule has 18 rings (SSSR count). The van der Waals surface area contributed by atoms with Crippen LogP contribution in [0.2, 0.25) is 0 Å². The summed E-state index contributed by atoms with van der Waals surface area (Å²) in [4.78, 5) is 15.1. The zero-order chi connectivity index (χ0) is 57.3. The molecule has 0 fully saturated rings. The number of anilines is 6. The Hall–Kier alpha value is -10.9. The van der Waals surface area contributed by atoms with Crippen molar-refractivity contribution >= 4 is 123 Å². The van der Waals surface area contributed by atoms with Gasteiger partial charge in [-0.1, -0.05) is 182 Å². The summed E-state index contributed by atoms with van der Waals surface area (Å²) in [5.74, 6) is 0. The number of allylic oxidation sites excluding steroid dienone is 1. The van der Waals surface area contributed by atoms with E-state index in [1.165, 1.54) is 125 Å². The summed E-state index contributed by atoms with van der Waals surface area (Å²) in [7, 11) is -3.37. The number of nitrogens with zero attached hydrogens (tertiary/aromatic N) is 5. The van der Waals surface area contributed by atoms with Gasteiger partial charge in [0.1, 0.15) is 0 Å². The molecule has 0 N–H and O–H groups in total. The van der Waals surface area contributed by atoms with Crippen LogP contribution in [0.1, 0.15) is 23.1 Å². The Labute approximate surface area is 505 Å². The lowest BCUT2D eigenvalue weighted by molar-refractivity contribution is 0.995. The highest BCUT2D eigenvalue weighted by Gasteiger charge is 2.57. The van der Waals surface area contributed by atoms with Gasteiger partial charge in [0.2, 0.25) is 0 Å². The van der Waals surface area contributed by atoms with Gasteiger partial charge in [-0.15, -0.1) is 0 Å². The number of para-hydroxylation sites is 3. The van der Waals surface area contributed by atoms with Crippen molar-refractivity contribution in [2.24, 2.45) is 0 Å². The van der Waals surface area contributed by atoms with Crippen LogP contribution >= 0.6 is 0 Å². The van der Waals surface area contributed by atoms with Crippen molar-refractivity contribution < 1.29 is 0 Å². The number of aryl methyl sites for hydroxylation is 2. The fourth-order valence-corrected chi connectivity index (χ4v) is 21.5. The van der Waals surface area contributed by atoms with Crippen molar-refractivity contribution in [2.75, 3.05) is 9.80 Å². The van der Waals surface area contributed by atoms with Gasteiger partial charge in [0, 0.05) is 85.7 Å². The molecule has 5 heterocycles. The number of benzene rings is 12. The summed E-state index contributed by atoms with van der Waals surface area (Å²) in [5, 5.41) is 15.4. The molecule has 0 radical (unpaired) electrons. The summed E-state index contributed by atoms with van der Waals surface area (Å²) < 4.78 is 2.44. The van der Waals surface area contributed by atoms with Crippen LogP contribution in [0.5, 0.6) is 0 Å². The van der Waals surface area contributed by atoms with E-state index in [4.69, 9.17) is 9.97 Å². The van der Waals surface area contributed by atoms with E-state index in [1.807, 2.05) is 12.4 Å². The van der Waals surface area contributed by atoms with Gasteiger partial charge >= 0.3 is 0 Å². The fraction of sp³-hybridized carbons (Fsp3) is 0.0370. The lowest BCUT2D eigenvalue weighted by Gasteiger charge is -2.47. The third-order valence-electron chi connectivity index (χ3n) is 18.9. The minimum Gasteiger partial charge on any atom is -0.310 e. The van der Waals surface area contributed by atoms with Crippen molar-refractivity contribution in [2.45, 2.75) is 19.8 Å². The maximum atomic E-state index is 5.05. The quantitative estimate of drug-likeness (QED) is 0.118. The summed E-state index contributed by atoms with van der Waals surface area (Å²) in [6.07, 6.45) is 15.1. The first-order chi connectivity index (χ1) is 43.1. The van der Waals surface area contributed by atoms with Crippen LogP contribution in [0.25, 0.3) is 99.3 Å². The average Bonchev–Trinajstić information content (AvgIpc) is 1.64. The largest absolute Gasteiger partial charge is 0.310 e. The van der Waals surface area contributed by atoms with E-state index >= 15 is 0 Å². The summed E-state index contributed by atoms with van der Waals surface area (Å²) in [5.41, 5.74) is 21.5. The number of aromatic nitrogens is 3. The smallest absolute Gasteiger partial charge is 0.186 e. The molecule has 0 saturated carbocycles. The van der Waals surface area contributed by atoms with Gasteiger partial charge in [-0.3, -0.25) is 9.97 Å². The molecule has 0 unspecified atom stereocenters. The molecule has 1 aliphatic carbocycles. The van der Waals surface area contributed by atoms with Gasteiger partial charge in [-0.05, 0) is 186 Å². The standard InChI is InChI=1S/C81H55N5Si/c1-52-45-56(47-61(46-52)85-74-31-14-10-26-63(74)64-27-11-15-32-75(64)85)55-37-40-68-71(48-55)73-51-83-44-42-70(73)81-79(68)86(60-24-18-23-59(49-60)84(57-21-6-3-7-22-57)58-38-35-54(36-39-58)53-19-4-2-5-20-53)78-67-30-9-8-25-62(67)72-50-82-43-41-69(72)80(78)87(81)76-33-16-12-28-65(76)66-29-13-17-34-77(66)87/h2-7,9-24,26-51H,8,25H2,1H3. The van der Waals surface area contributed by atoms with Crippen LogP contribution in [0.15, 0.2) is 286 Å². The highest BCUT2D eigenvalue weighted by atomic mass is 28.3. The Morgan fingerprint density at radius 2 is 1.00 bits per heavy atom. The Morgan fingerprint density at radius 3 is 1.74 bits per heavy atom. The highest BCUT2D eigenvalue weighted by molar-refractivity contribution is 7.25. The molecular formula is C81H55N5Si. The van der Waals surface area contributed by atoms with Gasteiger partial charge in [-0.2, -0.15) is 0 Å². The molecule has 0 atom stereocenters. The predicted octanol–water partition coefficient (Wildman–Crippen LogP) is 18.2. The van der Waals surface area contributed by atoms with Gasteiger partial charge in [0.05, 0.1) is 22.4 Å². The minimum atomic E-state index is -3.37. The number of rotatable bonds is 7. The number of hydrogen-bond donors (Lipinski definition) is 0. The monoisotopic (exact) mass is 1130 g/mol. The Morgan fingerprint density at radius 1 is 0.402 bits per heavy atom. The first-order valence-electron chi connectivity index (χ1n) is 30.2. The maximum absolute atomic E-state index is 5.05. The van der Waals surface area contributed by atoms with Gasteiger partial charge < -0.3 is 14.4 Å². The van der Waals surface area contributed by atoms with Crippen LogP contribution in [0.3, 0.4) is 0 Å². The van der Waals surface area contributed by atoms with E-state index in [-0.39, 0.29) is 0 Å². The SMILES string of the molecule is Cc1cc(-c2ccc3c4c(c5ccncc5c3c2)[Si]2(c3ccccc3-c3ccccc32)c2c(c3c(c5cnccc25)CCC=C3)N4c2cccc(N(c3ccccc3)c3ccc(-c4ccccc4)cc3)c2)cc(-n2c3ccccc3c3ccccc32)c1. The molecule has 0 amide bonds. The van der Waals surface area contributed by atoms with Crippen LogP contribution in [0, 0.1) is 6.92 Å². The topological polar surface area (TPSA) is 37.2 Å². The molecule has 408 valence electrons. The zero-order valence-electron chi connectivity index (χ0n) is 47.9. The molecule has 5 nitrogen and oxygen atoms in total. The van der Waals surface area contributed by atoms with Gasteiger partial charge in [-0.25, -0.2) is 0 Å². The highest BCUT2D eigenvalue weighted by Crippen LogP contribution is 2.52. The van der Waals surface area contributed by atoms with Crippen molar-refractivity contribution in [3.05, 3.63) is 302 Å². The first-order valence-corrected chi connectivity index (χ1v) is 32.2. The summed E-state index contributed by atoms with van der Waals surface area (Å²) in [6, 6.07) is 95.3. The Bertz CT molecular complexity index is 5280. The molecule has 12 aromatic carbocycles. The number of hydrogen-bond acceptors (Lipinski definition) is 4. The van der Waals surface area contributed by atoms with Crippen LogP contribution in [-0.2, 0) is 6.42 Å². The van der Waals surface area contributed by atoms with E-state index in [2.05, 4.69) is 301 Å². The van der Waals surface area contributed by atoms with Crippen molar-refractivity contribution in [1.82, 2.24) is 14.5 Å². The zero-order valence-corrected chi connectivity index (χ0v) is 48.9. The number of pyridine rings is 2. The second-order valence-electron chi connectivity index (χ2n) is 23.6. The van der Waals surface area contributed by atoms with Crippen LogP contribution in [0.4, 0.5) is 34.1 Å². The van der Waals surface area contributed by atoms with E-state index in [0.717, 1.165) is 52.2 Å². The normalized spacial score (nSPS) is 13.5. The van der Waals surface area contributed by atoms with E-state index in [1.54, 1.807) is 0 Å². The fourth-order valence-electron chi connectivity index (χ4n) is 15.5. The molecule has 0 saturated heterocycles. The van der Waals surface area contributed by atoms with E-state index in [9.17, 15) is 0 Å². The molecule has 87 heavy (non-hydrogen) atoms. The molecule has 3 aliphatic rings. The second kappa shape index (κ2) is 19.3.